The predicted molar refractivity (Wildman–Crippen MR) is 114 cm³/mol. The van der Waals surface area contributed by atoms with Gasteiger partial charge in [-0.3, -0.25) is 28.6 Å². The first-order valence-electron chi connectivity index (χ1n) is 8.72. The van der Waals surface area contributed by atoms with Crippen LogP contribution in [0.3, 0.4) is 0 Å². The molecule has 2 heterocycles. The molecule has 1 aromatic carbocycles. The van der Waals surface area contributed by atoms with Crippen molar-refractivity contribution in [2.75, 3.05) is 5.43 Å². The molecule has 0 unspecified atom stereocenters. The van der Waals surface area contributed by atoms with Gasteiger partial charge in [0.2, 0.25) is 5.95 Å². The van der Waals surface area contributed by atoms with E-state index in [0.29, 0.717) is 10.6 Å². The van der Waals surface area contributed by atoms with Gasteiger partial charge in [-0.2, -0.15) is 10.1 Å². The number of nitrogens with one attached hydrogen (secondary N) is 1. The number of anilines is 1. The number of allylic oxidation sites excluding steroid dienone is 2. The van der Waals surface area contributed by atoms with E-state index in [1.54, 1.807) is 29.7 Å². The highest BCUT2D eigenvalue weighted by Gasteiger charge is 2.18. The molecule has 2 aromatic heterocycles. The van der Waals surface area contributed by atoms with Crippen LogP contribution in [0.4, 0.5) is 11.6 Å². The molecule has 0 aliphatic rings. The van der Waals surface area contributed by atoms with E-state index in [1.807, 2.05) is 0 Å². The average molecular weight is 432 g/mol. The van der Waals surface area contributed by atoms with Crippen LogP contribution in [0.25, 0.3) is 11.2 Å². The summed E-state index contributed by atoms with van der Waals surface area (Å²) in [5.41, 5.74) is 2.56. The molecule has 0 saturated heterocycles. The highest BCUT2D eigenvalue weighted by atomic mass is 35.5. The minimum atomic E-state index is -0.507. The van der Waals surface area contributed by atoms with Gasteiger partial charge in [-0.15, -0.1) is 0 Å². The lowest BCUT2D eigenvalue weighted by Crippen LogP contribution is -2.37. The number of hydrogen-bond donors (Lipinski definition) is 1. The van der Waals surface area contributed by atoms with Crippen molar-refractivity contribution in [3.8, 4) is 0 Å². The minimum absolute atomic E-state index is 0.0626. The molecule has 0 bridgehead atoms. The fraction of sp³-hybridized carbons (Fsp3) is 0.222. The first-order valence-corrected chi connectivity index (χ1v) is 9.10. The van der Waals surface area contributed by atoms with Crippen LogP contribution in [-0.4, -0.2) is 29.8 Å². The molecule has 156 valence electrons. The molecule has 0 aliphatic heterocycles. The van der Waals surface area contributed by atoms with Gasteiger partial charge in [0.25, 0.3) is 11.2 Å². The van der Waals surface area contributed by atoms with Gasteiger partial charge in [0.05, 0.1) is 11.1 Å². The highest BCUT2D eigenvalue weighted by Crippen LogP contribution is 2.17. The number of nitro groups is 1. The first kappa shape index (κ1) is 21.0. The summed E-state index contributed by atoms with van der Waals surface area (Å²) < 4.78 is 3.81. The lowest BCUT2D eigenvalue weighted by molar-refractivity contribution is -0.384. The highest BCUT2D eigenvalue weighted by molar-refractivity contribution is 6.29. The lowest BCUT2D eigenvalue weighted by Gasteiger charge is -2.07. The van der Waals surface area contributed by atoms with E-state index in [4.69, 9.17) is 11.6 Å². The quantitative estimate of drug-likeness (QED) is 0.360. The lowest BCUT2D eigenvalue weighted by atomic mass is 10.2. The first-order chi connectivity index (χ1) is 14.2. The van der Waals surface area contributed by atoms with Crippen molar-refractivity contribution in [2.24, 2.45) is 19.2 Å². The molecule has 0 saturated carbocycles. The minimum Gasteiger partial charge on any atom is -0.299 e. The van der Waals surface area contributed by atoms with Crippen molar-refractivity contribution in [1.82, 2.24) is 18.7 Å². The molecular formula is C18H18ClN7O4. The van der Waals surface area contributed by atoms with E-state index >= 15 is 0 Å². The van der Waals surface area contributed by atoms with Gasteiger partial charge >= 0.3 is 5.69 Å². The monoisotopic (exact) mass is 431 g/mol. The number of benzene rings is 1. The molecule has 0 fully saturated rings. The van der Waals surface area contributed by atoms with Gasteiger partial charge in [-0.05, 0) is 6.92 Å². The molecule has 1 N–H and O–H groups in total. The van der Waals surface area contributed by atoms with Gasteiger partial charge in [0, 0.05) is 43.4 Å². The summed E-state index contributed by atoms with van der Waals surface area (Å²) in [5, 5.41) is 15.5. The van der Waals surface area contributed by atoms with Gasteiger partial charge in [-0.25, -0.2) is 10.2 Å². The summed E-state index contributed by atoms with van der Waals surface area (Å²) in [6.07, 6.45) is 3.07. The second kappa shape index (κ2) is 8.33. The summed E-state index contributed by atoms with van der Waals surface area (Å²) in [5.74, 6) is 0.208. The van der Waals surface area contributed by atoms with Crippen molar-refractivity contribution < 1.29 is 4.92 Å². The molecule has 30 heavy (non-hydrogen) atoms. The number of rotatable bonds is 6. The number of nitrogens with zero attached hydrogens (tertiary/aromatic N) is 6. The van der Waals surface area contributed by atoms with E-state index in [1.165, 1.54) is 37.0 Å². The third-order valence-electron chi connectivity index (χ3n) is 4.36. The largest absolute Gasteiger partial charge is 0.332 e. The normalized spacial score (nSPS) is 12.1. The molecule has 12 heteroatoms. The molecule has 0 spiro atoms. The van der Waals surface area contributed by atoms with Crippen LogP contribution in [0.5, 0.6) is 0 Å². The maximum Gasteiger partial charge on any atom is 0.332 e. The van der Waals surface area contributed by atoms with Crippen LogP contribution in [0, 0.1) is 10.1 Å². The summed E-state index contributed by atoms with van der Waals surface area (Å²) in [7, 11) is 2.90. The molecule has 3 rings (SSSR count). The fourth-order valence-electron chi connectivity index (χ4n) is 2.81. The van der Waals surface area contributed by atoms with Gasteiger partial charge in [0.15, 0.2) is 11.2 Å². The van der Waals surface area contributed by atoms with Crippen LogP contribution in [-0.2, 0) is 20.6 Å². The van der Waals surface area contributed by atoms with Crippen LogP contribution in [0.2, 0.25) is 0 Å². The predicted octanol–water partition coefficient (Wildman–Crippen LogP) is 1.93. The van der Waals surface area contributed by atoms with Crippen molar-refractivity contribution in [1.29, 1.82) is 0 Å². The summed E-state index contributed by atoms with van der Waals surface area (Å²) >= 11 is 5.93. The molecule has 0 radical (unpaired) electrons. The number of fused-ring (bicyclic) bond motifs is 1. The Kier molecular flexibility index (Phi) is 5.83. The number of hydrazone groups is 1. The maximum atomic E-state index is 12.7. The topological polar surface area (TPSA) is 129 Å². The zero-order valence-corrected chi connectivity index (χ0v) is 17.1. The van der Waals surface area contributed by atoms with Crippen LogP contribution in [0.15, 0.2) is 50.1 Å². The maximum absolute atomic E-state index is 12.7. The Bertz CT molecular complexity index is 1310. The molecular weight excluding hydrogens is 414 g/mol. The molecule has 11 nitrogen and oxygen atoms in total. The van der Waals surface area contributed by atoms with Crippen LogP contribution >= 0.6 is 11.6 Å². The Morgan fingerprint density at radius 3 is 2.73 bits per heavy atom. The summed E-state index contributed by atoms with van der Waals surface area (Å²) in [6.45, 7) is 1.91. The third kappa shape index (κ3) is 4.01. The average Bonchev–Trinajstić information content (AvgIpc) is 3.08. The smallest absolute Gasteiger partial charge is 0.299 e. The van der Waals surface area contributed by atoms with E-state index in [9.17, 15) is 19.7 Å². The Labute approximate surface area is 174 Å². The number of non-ortho nitro benzene ring substituents is 1. The Morgan fingerprint density at radius 2 is 2.07 bits per heavy atom. The number of nitro benzene ring substituents is 1. The number of aromatic nitrogens is 4. The number of aryl methyl sites for hydroxylation is 1. The van der Waals surface area contributed by atoms with E-state index in [-0.39, 0.29) is 29.3 Å². The van der Waals surface area contributed by atoms with E-state index in [0.717, 1.165) is 4.57 Å². The fourth-order valence-corrected chi connectivity index (χ4v) is 2.88. The van der Waals surface area contributed by atoms with Crippen LogP contribution in [0.1, 0.15) is 12.5 Å². The second-order valence-electron chi connectivity index (χ2n) is 6.44. The Morgan fingerprint density at radius 1 is 1.33 bits per heavy atom. The van der Waals surface area contributed by atoms with E-state index < -0.39 is 16.2 Å². The zero-order chi connectivity index (χ0) is 22.0. The van der Waals surface area contributed by atoms with Crippen LogP contribution < -0.4 is 16.7 Å². The molecule has 3 aromatic rings. The standard InChI is InChI=1S/C18H18ClN7O4/c1-11(19)7-8-25-14-15(23(2)18(28)24(3)16(14)27)21-17(25)22-20-10-12-5-4-6-13(9-12)26(29)30/h4-7,9-10H,8H2,1-3H3,(H,21,22)/b11-7+,20-10-. The zero-order valence-electron chi connectivity index (χ0n) is 16.4. The SMILES string of the molecule is C/C(Cl)=C\Cn1c(N/N=C\c2cccc([N+](=O)[O-])c2)nc2c1c(=O)n(C)c(=O)n2C. The Hall–Kier alpha value is -3.73. The van der Waals surface area contributed by atoms with Crippen molar-refractivity contribution in [3.05, 3.63) is 71.9 Å². The summed E-state index contributed by atoms with van der Waals surface area (Å²) in [4.78, 5) is 39.6. The van der Waals surface area contributed by atoms with Gasteiger partial charge in [-0.1, -0.05) is 29.8 Å². The van der Waals surface area contributed by atoms with Crippen molar-refractivity contribution in [3.63, 3.8) is 0 Å². The number of imidazole rings is 1. The number of hydrogen-bond acceptors (Lipinski definition) is 7. The van der Waals surface area contributed by atoms with Crippen molar-refractivity contribution in [2.45, 2.75) is 13.5 Å². The second-order valence-corrected chi connectivity index (χ2v) is 7.03. The summed E-state index contributed by atoms with van der Waals surface area (Å²) in [6, 6.07) is 5.94. The van der Waals surface area contributed by atoms with Gasteiger partial charge < -0.3 is 0 Å². The molecule has 0 amide bonds. The van der Waals surface area contributed by atoms with Crippen molar-refractivity contribution >= 4 is 40.6 Å². The van der Waals surface area contributed by atoms with Gasteiger partial charge in [0.1, 0.15) is 0 Å². The number of halogens is 1. The Balaban J connectivity index is 2.06. The van der Waals surface area contributed by atoms with E-state index in [2.05, 4.69) is 15.5 Å². The molecule has 0 atom stereocenters. The third-order valence-corrected chi connectivity index (χ3v) is 4.52. The molecule has 0 aliphatic carbocycles.